The topological polar surface area (TPSA) is 53.6 Å². The highest BCUT2D eigenvalue weighted by Crippen LogP contribution is 2.28. The van der Waals surface area contributed by atoms with Crippen LogP contribution in [0.25, 0.3) is 0 Å². The maximum absolute atomic E-state index is 11.7. The molecule has 2 heterocycles. The summed E-state index contributed by atoms with van der Waals surface area (Å²) < 4.78 is 5.56. The van der Waals surface area contributed by atoms with Crippen LogP contribution in [0.3, 0.4) is 0 Å². The van der Waals surface area contributed by atoms with Gasteiger partial charge in [0.2, 0.25) is 5.91 Å². The molecule has 0 spiro atoms. The van der Waals surface area contributed by atoms with Gasteiger partial charge in [-0.25, -0.2) is 0 Å². The Labute approximate surface area is 123 Å². The van der Waals surface area contributed by atoms with Crippen molar-refractivity contribution in [3.05, 3.63) is 24.3 Å². The first-order valence-electron chi connectivity index (χ1n) is 6.80. The smallest absolute Gasteiger partial charge is 0.244 e. The number of hydrogen-bond acceptors (Lipinski definition) is 3. The molecule has 1 saturated heterocycles. The second-order valence-electron chi connectivity index (χ2n) is 4.97. The van der Waals surface area contributed by atoms with Crippen LogP contribution < -0.4 is 15.5 Å². The lowest BCUT2D eigenvalue weighted by Crippen LogP contribution is -2.48. The average Bonchev–Trinajstić information content (AvgIpc) is 2.97. The monoisotopic (exact) mass is 291 g/mol. The molecule has 5 nitrogen and oxygen atoms in total. The van der Waals surface area contributed by atoms with Gasteiger partial charge in [0, 0.05) is 13.2 Å². The van der Waals surface area contributed by atoms with E-state index < -0.39 is 0 Å². The van der Waals surface area contributed by atoms with E-state index in [0.717, 1.165) is 30.8 Å². The highest BCUT2D eigenvalue weighted by molar-refractivity contribution is 7.80. The zero-order valence-corrected chi connectivity index (χ0v) is 11.9. The van der Waals surface area contributed by atoms with E-state index in [-0.39, 0.29) is 18.6 Å². The van der Waals surface area contributed by atoms with E-state index >= 15 is 0 Å². The molecule has 1 atom stereocenters. The maximum Gasteiger partial charge on any atom is 0.244 e. The molecule has 20 heavy (non-hydrogen) atoms. The van der Waals surface area contributed by atoms with E-state index in [2.05, 4.69) is 10.6 Å². The number of para-hydroxylation sites is 2. The van der Waals surface area contributed by atoms with Crippen LogP contribution in [-0.2, 0) is 9.53 Å². The standard InChI is InChI=1S/C14H17N3O2S/c18-13-9-17(12-6-2-1-5-11(12)16-13)14(20)15-8-10-4-3-7-19-10/h1-2,5-6,10H,3-4,7-9H2,(H,15,20)(H,16,18). The molecule has 1 unspecified atom stereocenters. The fourth-order valence-electron chi connectivity index (χ4n) is 2.52. The largest absolute Gasteiger partial charge is 0.376 e. The fourth-order valence-corrected chi connectivity index (χ4v) is 2.76. The molecule has 6 heteroatoms. The van der Waals surface area contributed by atoms with Crippen molar-refractivity contribution in [3.8, 4) is 0 Å². The SMILES string of the molecule is O=C1CN(C(=S)NCC2CCCO2)c2ccccc2N1. The zero-order valence-electron chi connectivity index (χ0n) is 11.1. The number of anilines is 2. The summed E-state index contributed by atoms with van der Waals surface area (Å²) in [5, 5.41) is 6.63. The second-order valence-corrected chi connectivity index (χ2v) is 5.36. The van der Waals surface area contributed by atoms with Gasteiger partial charge in [0.25, 0.3) is 0 Å². The maximum atomic E-state index is 11.7. The average molecular weight is 291 g/mol. The summed E-state index contributed by atoms with van der Waals surface area (Å²) in [6.07, 6.45) is 2.39. The molecule has 1 fully saturated rings. The van der Waals surface area contributed by atoms with Gasteiger partial charge < -0.3 is 20.3 Å². The van der Waals surface area contributed by atoms with Gasteiger partial charge in [-0.3, -0.25) is 4.79 Å². The number of amides is 1. The minimum atomic E-state index is -0.0510. The van der Waals surface area contributed by atoms with Crippen LogP contribution in [0.15, 0.2) is 24.3 Å². The number of thiocarbonyl (C=S) groups is 1. The first-order chi connectivity index (χ1) is 9.74. The Morgan fingerprint density at radius 2 is 2.35 bits per heavy atom. The van der Waals surface area contributed by atoms with Gasteiger partial charge >= 0.3 is 0 Å². The normalized spacial score (nSPS) is 21.3. The molecular weight excluding hydrogens is 274 g/mol. The Balaban J connectivity index is 1.69. The predicted molar refractivity (Wildman–Crippen MR) is 82.0 cm³/mol. The Hall–Kier alpha value is -1.66. The van der Waals surface area contributed by atoms with E-state index in [4.69, 9.17) is 17.0 Å². The lowest BCUT2D eigenvalue weighted by molar-refractivity contribution is -0.115. The van der Waals surface area contributed by atoms with Crippen LogP contribution in [0.4, 0.5) is 11.4 Å². The molecular formula is C14H17N3O2S. The zero-order chi connectivity index (χ0) is 13.9. The number of hydrogen-bond donors (Lipinski definition) is 2. The van der Waals surface area contributed by atoms with Crippen molar-refractivity contribution >= 4 is 34.6 Å². The van der Waals surface area contributed by atoms with Crippen LogP contribution in [0.1, 0.15) is 12.8 Å². The Bertz CT molecular complexity index is 529. The van der Waals surface area contributed by atoms with E-state index in [1.54, 1.807) is 0 Å². The number of carbonyl (C=O) groups is 1. The molecule has 1 aromatic carbocycles. The number of rotatable bonds is 2. The minimum Gasteiger partial charge on any atom is -0.376 e. The van der Waals surface area contributed by atoms with Crippen molar-refractivity contribution < 1.29 is 9.53 Å². The molecule has 106 valence electrons. The van der Waals surface area contributed by atoms with Gasteiger partial charge in [0.1, 0.15) is 6.54 Å². The molecule has 1 aromatic rings. The van der Waals surface area contributed by atoms with E-state index in [0.29, 0.717) is 11.7 Å². The highest BCUT2D eigenvalue weighted by Gasteiger charge is 2.25. The van der Waals surface area contributed by atoms with Crippen molar-refractivity contribution in [3.63, 3.8) is 0 Å². The van der Waals surface area contributed by atoms with Gasteiger partial charge in [-0.2, -0.15) is 0 Å². The van der Waals surface area contributed by atoms with Crippen molar-refractivity contribution in [2.75, 3.05) is 29.9 Å². The van der Waals surface area contributed by atoms with E-state index in [1.807, 2.05) is 29.2 Å². The summed E-state index contributed by atoms with van der Waals surface area (Å²) in [6, 6.07) is 7.66. The molecule has 2 aliphatic rings. The van der Waals surface area contributed by atoms with Gasteiger partial charge in [0.05, 0.1) is 17.5 Å². The van der Waals surface area contributed by atoms with Crippen molar-refractivity contribution in [1.29, 1.82) is 0 Å². The van der Waals surface area contributed by atoms with Gasteiger partial charge in [-0.1, -0.05) is 12.1 Å². The van der Waals surface area contributed by atoms with Crippen molar-refractivity contribution in [2.45, 2.75) is 18.9 Å². The molecule has 2 aliphatic heterocycles. The number of carbonyl (C=O) groups excluding carboxylic acids is 1. The molecule has 0 saturated carbocycles. The lowest BCUT2D eigenvalue weighted by atomic mass is 10.2. The molecule has 3 rings (SSSR count). The summed E-state index contributed by atoms with van der Waals surface area (Å²) in [4.78, 5) is 13.6. The number of fused-ring (bicyclic) bond motifs is 1. The Kier molecular flexibility index (Phi) is 3.84. The molecule has 0 bridgehead atoms. The van der Waals surface area contributed by atoms with Crippen molar-refractivity contribution in [1.82, 2.24) is 5.32 Å². The van der Waals surface area contributed by atoms with Gasteiger partial charge in [-0.05, 0) is 37.2 Å². The first-order valence-corrected chi connectivity index (χ1v) is 7.21. The molecule has 0 radical (unpaired) electrons. The fraction of sp³-hybridized carbons (Fsp3) is 0.429. The lowest BCUT2D eigenvalue weighted by Gasteiger charge is -2.31. The summed E-state index contributed by atoms with van der Waals surface area (Å²) in [7, 11) is 0. The minimum absolute atomic E-state index is 0.0510. The quantitative estimate of drug-likeness (QED) is 0.809. The number of nitrogens with one attached hydrogen (secondary N) is 2. The van der Waals surface area contributed by atoms with Crippen LogP contribution in [0, 0.1) is 0 Å². The van der Waals surface area contributed by atoms with Crippen LogP contribution >= 0.6 is 12.2 Å². The Morgan fingerprint density at radius 3 is 3.15 bits per heavy atom. The van der Waals surface area contributed by atoms with Gasteiger partial charge in [-0.15, -0.1) is 0 Å². The number of nitrogens with zero attached hydrogens (tertiary/aromatic N) is 1. The summed E-state index contributed by atoms with van der Waals surface area (Å²) in [5.41, 5.74) is 1.72. The number of ether oxygens (including phenoxy) is 1. The van der Waals surface area contributed by atoms with Gasteiger partial charge in [0.15, 0.2) is 5.11 Å². The Morgan fingerprint density at radius 1 is 1.50 bits per heavy atom. The molecule has 0 aromatic heterocycles. The number of benzene rings is 1. The third-order valence-electron chi connectivity index (χ3n) is 3.52. The first kappa shape index (κ1) is 13.3. The molecule has 0 aliphatic carbocycles. The third-order valence-corrected chi connectivity index (χ3v) is 3.89. The van der Waals surface area contributed by atoms with Crippen LogP contribution in [-0.4, -0.2) is 36.8 Å². The molecule has 2 N–H and O–H groups in total. The summed E-state index contributed by atoms with van der Waals surface area (Å²) in [5.74, 6) is -0.0510. The summed E-state index contributed by atoms with van der Waals surface area (Å²) >= 11 is 5.42. The third kappa shape index (κ3) is 2.76. The van der Waals surface area contributed by atoms with Crippen LogP contribution in [0.2, 0.25) is 0 Å². The van der Waals surface area contributed by atoms with Crippen molar-refractivity contribution in [2.24, 2.45) is 0 Å². The predicted octanol–water partition coefficient (Wildman–Crippen LogP) is 1.50. The highest BCUT2D eigenvalue weighted by atomic mass is 32.1. The molecule has 1 amide bonds. The van der Waals surface area contributed by atoms with E-state index in [1.165, 1.54) is 0 Å². The van der Waals surface area contributed by atoms with E-state index in [9.17, 15) is 4.79 Å². The van der Waals surface area contributed by atoms with Crippen LogP contribution in [0.5, 0.6) is 0 Å². The second kappa shape index (κ2) is 5.76. The summed E-state index contributed by atoms with van der Waals surface area (Å²) in [6.45, 7) is 1.77.